The number of nitrogens with two attached hydrogens (primary N) is 1. The monoisotopic (exact) mass is 511 g/mol. The van der Waals surface area contributed by atoms with Gasteiger partial charge in [-0.25, -0.2) is 14.8 Å². The van der Waals surface area contributed by atoms with E-state index >= 15 is 0 Å². The van der Waals surface area contributed by atoms with Gasteiger partial charge in [0.2, 0.25) is 5.91 Å². The molecule has 0 aliphatic carbocycles. The fraction of sp³-hybridized carbons (Fsp3) is 0.520. The third-order valence-corrected chi connectivity index (χ3v) is 8.37. The standard InChI is InChI=1S/C25H33N7O3S/c1-2-35-13-19-30-22-23(15-7-3-4-8-16(15)28-24(22)26)32(19)12-11-27-20(33)10-6-5-9-18-21-17(14-36-18)29-25(34)31-21/h3-4,7-8,17-18,21H,2,5-6,9-14H2,1H3,(H2,26,28)(H,27,33)(H2,29,31,34). The molecule has 3 aromatic rings. The van der Waals surface area contributed by atoms with Gasteiger partial charge in [0.15, 0.2) is 5.82 Å². The SMILES string of the molecule is CCOCc1nc2c(N)nc3ccccc3c2n1CCNC(=O)CCCCC1SCC2NC(=O)NC21. The summed E-state index contributed by atoms with van der Waals surface area (Å²) in [4.78, 5) is 33.3. The van der Waals surface area contributed by atoms with Crippen LogP contribution in [0.4, 0.5) is 10.6 Å². The third-order valence-electron chi connectivity index (χ3n) is 6.86. The van der Waals surface area contributed by atoms with Gasteiger partial charge in [-0.3, -0.25) is 4.79 Å². The van der Waals surface area contributed by atoms with E-state index in [0.717, 1.165) is 47.3 Å². The minimum absolute atomic E-state index is 0.0459. The molecule has 2 aliphatic heterocycles. The number of anilines is 1. The molecule has 5 N–H and O–H groups in total. The summed E-state index contributed by atoms with van der Waals surface area (Å²) < 4.78 is 7.73. The number of nitrogens with one attached hydrogen (secondary N) is 3. The molecule has 2 saturated heterocycles. The lowest BCUT2D eigenvalue weighted by atomic mass is 10.0. The Bertz CT molecular complexity index is 1260. The predicted molar refractivity (Wildman–Crippen MR) is 142 cm³/mol. The Labute approximate surface area is 214 Å². The lowest BCUT2D eigenvalue weighted by Gasteiger charge is -2.16. The fourth-order valence-electron chi connectivity index (χ4n) is 5.12. The maximum Gasteiger partial charge on any atom is 0.315 e. The van der Waals surface area contributed by atoms with Crippen LogP contribution in [0.5, 0.6) is 0 Å². The number of fused-ring (bicyclic) bond motifs is 4. The quantitative estimate of drug-likeness (QED) is 0.229. The van der Waals surface area contributed by atoms with Crippen LogP contribution in [0.15, 0.2) is 24.3 Å². The molecule has 10 nitrogen and oxygen atoms in total. The Morgan fingerprint density at radius 2 is 2.14 bits per heavy atom. The minimum Gasteiger partial charge on any atom is -0.382 e. The van der Waals surface area contributed by atoms with Crippen LogP contribution in [0.25, 0.3) is 21.9 Å². The first-order chi connectivity index (χ1) is 17.5. The number of pyridine rings is 1. The summed E-state index contributed by atoms with van der Waals surface area (Å²) in [7, 11) is 0. The molecule has 0 radical (unpaired) electrons. The number of benzene rings is 1. The molecule has 3 amide bonds. The molecule has 4 heterocycles. The van der Waals surface area contributed by atoms with Crippen molar-refractivity contribution in [3.8, 4) is 0 Å². The number of thioether (sulfide) groups is 1. The first-order valence-corrected chi connectivity index (χ1v) is 13.7. The Balaban J connectivity index is 1.17. The highest BCUT2D eigenvalue weighted by Crippen LogP contribution is 2.33. The van der Waals surface area contributed by atoms with Gasteiger partial charge >= 0.3 is 6.03 Å². The summed E-state index contributed by atoms with van der Waals surface area (Å²) >= 11 is 1.91. The first-order valence-electron chi connectivity index (χ1n) is 12.6. The maximum absolute atomic E-state index is 12.5. The Morgan fingerprint density at radius 1 is 1.28 bits per heavy atom. The highest BCUT2D eigenvalue weighted by atomic mass is 32.2. The maximum atomic E-state index is 12.5. The number of aromatic nitrogens is 3. The van der Waals surface area contributed by atoms with E-state index in [4.69, 9.17) is 15.5 Å². The van der Waals surface area contributed by atoms with Crippen molar-refractivity contribution in [3.05, 3.63) is 30.1 Å². The van der Waals surface area contributed by atoms with Crippen LogP contribution >= 0.6 is 11.8 Å². The molecule has 5 rings (SSSR count). The van der Waals surface area contributed by atoms with Gasteiger partial charge in [-0.2, -0.15) is 11.8 Å². The van der Waals surface area contributed by atoms with Crippen LogP contribution < -0.4 is 21.7 Å². The molecule has 192 valence electrons. The average Bonchev–Trinajstić information content (AvgIpc) is 3.54. The topological polar surface area (TPSA) is 136 Å². The number of unbranched alkanes of at least 4 members (excludes halogenated alkanes) is 1. The van der Waals surface area contributed by atoms with Crippen LogP contribution in [0.1, 0.15) is 38.4 Å². The number of ether oxygens (including phenoxy) is 1. The van der Waals surface area contributed by atoms with Gasteiger partial charge in [0.05, 0.1) is 23.1 Å². The number of para-hydroxylation sites is 1. The number of hydrogen-bond acceptors (Lipinski definition) is 7. The summed E-state index contributed by atoms with van der Waals surface area (Å²) in [5.41, 5.74) is 8.63. The van der Waals surface area contributed by atoms with E-state index in [1.54, 1.807) is 0 Å². The second kappa shape index (κ2) is 10.9. The Morgan fingerprint density at radius 3 is 3.00 bits per heavy atom. The van der Waals surface area contributed by atoms with Crippen LogP contribution in [0.2, 0.25) is 0 Å². The lowest BCUT2D eigenvalue weighted by molar-refractivity contribution is -0.121. The summed E-state index contributed by atoms with van der Waals surface area (Å²) in [5, 5.41) is 10.4. The van der Waals surface area contributed by atoms with Gasteiger partial charge in [0.25, 0.3) is 0 Å². The van der Waals surface area contributed by atoms with Crippen molar-refractivity contribution in [3.63, 3.8) is 0 Å². The van der Waals surface area contributed by atoms with Gasteiger partial charge in [-0.05, 0) is 25.8 Å². The number of urea groups is 1. The third kappa shape index (κ3) is 5.08. The predicted octanol–water partition coefficient (Wildman–Crippen LogP) is 2.55. The van der Waals surface area contributed by atoms with E-state index in [1.807, 2.05) is 43.0 Å². The molecular formula is C25H33N7O3S. The van der Waals surface area contributed by atoms with Gasteiger partial charge in [0, 0.05) is 42.5 Å². The lowest BCUT2D eigenvalue weighted by Crippen LogP contribution is -2.36. The number of carbonyl (C=O) groups excluding carboxylic acids is 2. The molecule has 36 heavy (non-hydrogen) atoms. The van der Waals surface area contributed by atoms with Crippen LogP contribution in [-0.4, -0.2) is 62.7 Å². The number of rotatable bonds is 11. The first kappa shape index (κ1) is 24.6. The van der Waals surface area contributed by atoms with Crippen LogP contribution in [-0.2, 0) is 22.7 Å². The molecule has 3 unspecified atom stereocenters. The molecule has 2 fully saturated rings. The van der Waals surface area contributed by atoms with E-state index in [1.165, 1.54) is 0 Å². The van der Waals surface area contributed by atoms with Crippen molar-refractivity contribution in [1.29, 1.82) is 0 Å². The molecular weight excluding hydrogens is 478 g/mol. The molecule has 1 aromatic carbocycles. The summed E-state index contributed by atoms with van der Waals surface area (Å²) in [6.45, 7) is 3.94. The van der Waals surface area contributed by atoms with Gasteiger partial charge in [0.1, 0.15) is 17.9 Å². The number of nitrogens with zero attached hydrogens (tertiary/aromatic N) is 3. The van der Waals surface area contributed by atoms with E-state index in [9.17, 15) is 9.59 Å². The van der Waals surface area contributed by atoms with Crippen molar-refractivity contribution in [2.75, 3.05) is 24.6 Å². The number of hydrogen-bond donors (Lipinski definition) is 4. The zero-order valence-corrected chi connectivity index (χ0v) is 21.3. The zero-order valence-electron chi connectivity index (χ0n) is 20.5. The van der Waals surface area contributed by atoms with E-state index in [-0.39, 0.29) is 24.0 Å². The van der Waals surface area contributed by atoms with Crippen LogP contribution in [0, 0.1) is 0 Å². The summed E-state index contributed by atoms with van der Waals surface area (Å²) in [6, 6.07) is 8.27. The summed E-state index contributed by atoms with van der Waals surface area (Å²) in [5.74, 6) is 2.17. The molecule has 3 atom stereocenters. The molecule has 0 spiro atoms. The van der Waals surface area contributed by atoms with Crippen molar-refractivity contribution in [1.82, 2.24) is 30.5 Å². The van der Waals surface area contributed by atoms with E-state index in [0.29, 0.717) is 49.3 Å². The van der Waals surface area contributed by atoms with Crippen molar-refractivity contribution < 1.29 is 14.3 Å². The van der Waals surface area contributed by atoms with Gasteiger partial charge in [-0.1, -0.05) is 24.6 Å². The second-order valence-corrected chi connectivity index (χ2v) is 10.5. The molecule has 2 aliphatic rings. The number of imidazole rings is 1. The highest BCUT2D eigenvalue weighted by molar-refractivity contribution is 8.00. The number of carbonyl (C=O) groups is 2. The molecule has 11 heteroatoms. The van der Waals surface area contributed by atoms with Crippen LogP contribution in [0.3, 0.4) is 0 Å². The molecule has 2 aromatic heterocycles. The van der Waals surface area contributed by atoms with E-state index in [2.05, 4.69) is 25.5 Å². The number of nitrogen functional groups attached to an aromatic ring is 1. The molecule has 0 bridgehead atoms. The van der Waals surface area contributed by atoms with Crippen molar-refractivity contribution in [2.45, 2.75) is 63.1 Å². The van der Waals surface area contributed by atoms with Crippen molar-refractivity contribution in [2.24, 2.45) is 0 Å². The number of amides is 3. The van der Waals surface area contributed by atoms with Gasteiger partial charge in [-0.15, -0.1) is 0 Å². The normalized spacial score (nSPS) is 21.0. The molecule has 0 saturated carbocycles. The fourth-order valence-corrected chi connectivity index (χ4v) is 6.66. The highest BCUT2D eigenvalue weighted by Gasteiger charge is 2.42. The average molecular weight is 512 g/mol. The minimum atomic E-state index is -0.0586. The summed E-state index contributed by atoms with van der Waals surface area (Å²) in [6.07, 6.45) is 3.29. The van der Waals surface area contributed by atoms with Crippen molar-refractivity contribution >= 4 is 51.5 Å². The Hall–Kier alpha value is -3.05. The second-order valence-electron chi connectivity index (χ2n) is 9.25. The largest absolute Gasteiger partial charge is 0.382 e. The smallest absolute Gasteiger partial charge is 0.315 e. The Kier molecular flexibility index (Phi) is 7.47. The van der Waals surface area contributed by atoms with Gasteiger partial charge < -0.3 is 31.0 Å². The van der Waals surface area contributed by atoms with E-state index < -0.39 is 0 Å². The zero-order chi connectivity index (χ0) is 25.1.